The quantitative estimate of drug-likeness (QED) is 0.718. The molecular formula is C13H16N2O5S. The molecule has 0 spiro atoms. The van der Waals surface area contributed by atoms with E-state index >= 15 is 0 Å². The molecule has 114 valence electrons. The van der Waals surface area contributed by atoms with E-state index in [1.165, 1.54) is 19.2 Å². The second kappa shape index (κ2) is 6.23. The first-order valence-electron chi connectivity index (χ1n) is 6.35. The molecule has 0 bridgehead atoms. The van der Waals surface area contributed by atoms with Gasteiger partial charge < -0.3 is 10.1 Å². The van der Waals surface area contributed by atoms with E-state index < -0.39 is 16.1 Å². The van der Waals surface area contributed by atoms with Crippen LogP contribution in [0.25, 0.3) is 0 Å². The standard InChI is InChI=1S/C13H16N2O5S/c1-20-13(17)6-9-2-4-11(5-3-9)21(18,19)15-10-7-12(16)14-8-10/h2-5,10,15H,6-8H2,1H3,(H,14,16). The summed E-state index contributed by atoms with van der Waals surface area (Å²) in [7, 11) is -2.38. The van der Waals surface area contributed by atoms with E-state index in [0.717, 1.165) is 0 Å². The Labute approximate surface area is 122 Å². The minimum atomic E-state index is -3.68. The zero-order valence-electron chi connectivity index (χ0n) is 11.5. The van der Waals surface area contributed by atoms with Crippen LogP contribution in [-0.2, 0) is 30.8 Å². The summed E-state index contributed by atoms with van der Waals surface area (Å²) in [5.41, 5.74) is 0.665. The van der Waals surface area contributed by atoms with Gasteiger partial charge in [0.2, 0.25) is 15.9 Å². The summed E-state index contributed by atoms with van der Waals surface area (Å²) in [6.45, 7) is 0.290. The minimum Gasteiger partial charge on any atom is -0.469 e. The third kappa shape index (κ3) is 4.02. The number of sulfonamides is 1. The molecule has 1 saturated heterocycles. The molecule has 0 radical (unpaired) electrons. The van der Waals surface area contributed by atoms with Crippen LogP contribution < -0.4 is 10.0 Å². The second-order valence-electron chi connectivity index (χ2n) is 4.72. The van der Waals surface area contributed by atoms with Gasteiger partial charge in [-0.15, -0.1) is 0 Å². The van der Waals surface area contributed by atoms with Crippen LogP contribution in [0.4, 0.5) is 0 Å². The van der Waals surface area contributed by atoms with E-state index in [2.05, 4.69) is 14.8 Å². The van der Waals surface area contributed by atoms with Gasteiger partial charge in [0.25, 0.3) is 0 Å². The summed E-state index contributed by atoms with van der Waals surface area (Å²) in [5.74, 6) is -0.560. The zero-order chi connectivity index (χ0) is 15.5. The van der Waals surface area contributed by atoms with Gasteiger partial charge in [-0.05, 0) is 17.7 Å². The maximum atomic E-state index is 12.1. The number of hydrogen-bond acceptors (Lipinski definition) is 5. The van der Waals surface area contributed by atoms with Crippen molar-refractivity contribution in [3.8, 4) is 0 Å². The lowest BCUT2D eigenvalue weighted by Gasteiger charge is -2.11. The average molecular weight is 312 g/mol. The summed E-state index contributed by atoms with van der Waals surface area (Å²) in [4.78, 5) is 22.3. The number of carbonyl (C=O) groups excluding carboxylic acids is 2. The maximum absolute atomic E-state index is 12.1. The Kier molecular flexibility index (Phi) is 4.59. The topological polar surface area (TPSA) is 102 Å². The maximum Gasteiger partial charge on any atom is 0.309 e. The highest BCUT2D eigenvalue weighted by molar-refractivity contribution is 7.89. The van der Waals surface area contributed by atoms with Crippen molar-refractivity contribution in [2.75, 3.05) is 13.7 Å². The predicted molar refractivity (Wildman–Crippen MR) is 73.9 cm³/mol. The van der Waals surface area contributed by atoms with Crippen LogP contribution >= 0.6 is 0 Å². The number of esters is 1. The lowest BCUT2D eigenvalue weighted by Crippen LogP contribution is -2.36. The molecule has 0 aromatic heterocycles. The molecule has 1 aromatic carbocycles. The molecule has 1 atom stereocenters. The molecule has 1 aromatic rings. The molecule has 1 heterocycles. The van der Waals surface area contributed by atoms with E-state index in [1.807, 2.05) is 0 Å². The smallest absolute Gasteiger partial charge is 0.309 e. The molecule has 2 rings (SSSR count). The number of nitrogens with one attached hydrogen (secondary N) is 2. The molecule has 8 heteroatoms. The van der Waals surface area contributed by atoms with Gasteiger partial charge >= 0.3 is 5.97 Å². The number of rotatable bonds is 5. The highest BCUT2D eigenvalue weighted by Gasteiger charge is 2.26. The van der Waals surface area contributed by atoms with E-state index in [4.69, 9.17) is 0 Å². The minimum absolute atomic E-state index is 0.0886. The number of hydrogen-bond donors (Lipinski definition) is 2. The first-order valence-corrected chi connectivity index (χ1v) is 7.84. The van der Waals surface area contributed by atoms with Crippen molar-refractivity contribution in [1.82, 2.24) is 10.0 Å². The molecule has 2 N–H and O–H groups in total. The Morgan fingerprint density at radius 1 is 1.38 bits per heavy atom. The van der Waals surface area contributed by atoms with Gasteiger partial charge in [-0.25, -0.2) is 13.1 Å². The Balaban J connectivity index is 2.06. The normalized spacial score (nSPS) is 18.3. The average Bonchev–Trinajstić information content (AvgIpc) is 2.83. The van der Waals surface area contributed by atoms with Crippen molar-refractivity contribution in [3.05, 3.63) is 29.8 Å². The molecule has 1 aliphatic rings. The monoisotopic (exact) mass is 312 g/mol. The fraction of sp³-hybridized carbons (Fsp3) is 0.385. The Hall–Kier alpha value is -1.93. The van der Waals surface area contributed by atoms with Gasteiger partial charge in [-0.3, -0.25) is 9.59 Å². The molecule has 1 amide bonds. The van der Waals surface area contributed by atoms with Crippen LogP contribution in [0.15, 0.2) is 29.2 Å². The van der Waals surface area contributed by atoms with E-state index in [-0.39, 0.29) is 29.6 Å². The van der Waals surface area contributed by atoms with Gasteiger partial charge in [0, 0.05) is 19.0 Å². The summed E-state index contributed by atoms with van der Waals surface area (Å²) in [6, 6.07) is 5.53. The molecular weight excluding hydrogens is 296 g/mol. The van der Waals surface area contributed by atoms with E-state index in [1.54, 1.807) is 12.1 Å². The summed E-state index contributed by atoms with van der Waals surface area (Å²) >= 11 is 0. The molecule has 1 fully saturated rings. The fourth-order valence-electron chi connectivity index (χ4n) is 2.00. The molecule has 1 aliphatic heterocycles. The second-order valence-corrected chi connectivity index (χ2v) is 6.44. The van der Waals surface area contributed by atoms with Crippen LogP contribution in [0.3, 0.4) is 0 Å². The summed E-state index contributed by atoms with van der Waals surface area (Å²) in [5, 5.41) is 2.56. The van der Waals surface area contributed by atoms with Crippen LogP contribution in [-0.4, -0.2) is 40.0 Å². The van der Waals surface area contributed by atoms with Crippen LogP contribution in [0.1, 0.15) is 12.0 Å². The van der Waals surface area contributed by atoms with Gasteiger partial charge in [0.1, 0.15) is 0 Å². The fourth-order valence-corrected chi connectivity index (χ4v) is 3.24. The zero-order valence-corrected chi connectivity index (χ0v) is 12.3. The van der Waals surface area contributed by atoms with Crippen molar-refractivity contribution >= 4 is 21.9 Å². The first-order chi connectivity index (χ1) is 9.90. The third-order valence-electron chi connectivity index (χ3n) is 3.11. The van der Waals surface area contributed by atoms with Crippen LogP contribution in [0.5, 0.6) is 0 Å². The van der Waals surface area contributed by atoms with Crippen molar-refractivity contribution in [2.24, 2.45) is 0 Å². The predicted octanol–water partition coefficient (Wildman–Crippen LogP) is -0.431. The van der Waals surface area contributed by atoms with Gasteiger partial charge in [0.05, 0.1) is 18.4 Å². The van der Waals surface area contributed by atoms with Crippen molar-refractivity contribution in [1.29, 1.82) is 0 Å². The number of carbonyl (C=O) groups is 2. The SMILES string of the molecule is COC(=O)Cc1ccc(S(=O)(=O)NC2CNC(=O)C2)cc1. The number of amides is 1. The van der Waals surface area contributed by atoms with Crippen molar-refractivity contribution in [3.63, 3.8) is 0 Å². The summed E-state index contributed by atoms with van der Waals surface area (Å²) in [6.07, 6.45) is 0.227. The molecule has 0 saturated carbocycles. The third-order valence-corrected chi connectivity index (χ3v) is 4.65. The first kappa shape index (κ1) is 15.5. The van der Waals surface area contributed by atoms with Crippen LogP contribution in [0, 0.1) is 0 Å². The lowest BCUT2D eigenvalue weighted by atomic mass is 10.2. The Morgan fingerprint density at radius 2 is 2.05 bits per heavy atom. The number of methoxy groups -OCH3 is 1. The van der Waals surface area contributed by atoms with E-state index in [9.17, 15) is 18.0 Å². The van der Waals surface area contributed by atoms with Crippen molar-refractivity contribution in [2.45, 2.75) is 23.8 Å². The van der Waals surface area contributed by atoms with Gasteiger partial charge in [-0.2, -0.15) is 0 Å². The van der Waals surface area contributed by atoms with Crippen LogP contribution in [0.2, 0.25) is 0 Å². The molecule has 0 aliphatic carbocycles. The lowest BCUT2D eigenvalue weighted by molar-refractivity contribution is -0.139. The van der Waals surface area contributed by atoms with E-state index in [0.29, 0.717) is 12.1 Å². The molecule has 7 nitrogen and oxygen atoms in total. The Bertz CT molecular complexity index is 639. The number of ether oxygens (including phenoxy) is 1. The number of benzene rings is 1. The molecule has 21 heavy (non-hydrogen) atoms. The highest BCUT2D eigenvalue weighted by atomic mass is 32.2. The Morgan fingerprint density at radius 3 is 2.57 bits per heavy atom. The summed E-state index contributed by atoms with van der Waals surface area (Å²) < 4.78 is 31.3. The molecule has 1 unspecified atom stereocenters. The van der Waals surface area contributed by atoms with Gasteiger partial charge in [0.15, 0.2) is 0 Å². The van der Waals surface area contributed by atoms with Crippen molar-refractivity contribution < 1.29 is 22.7 Å². The largest absolute Gasteiger partial charge is 0.469 e. The highest BCUT2D eigenvalue weighted by Crippen LogP contribution is 2.13. The van der Waals surface area contributed by atoms with Gasteiger partial charge in [-0.1, -0.05) is 12.1 Å².